The van der Waals surface area contributed by atoms with Gasteiger partial charge in [-0.2, -0.15) is 0 Å². The van der Waals surface area contributed by atoms with Crippen molar-refractivity contribution in [2.45, 2.75) is 18.9 Å². The van der Waals surface area contributed by atoms with Crippen molar-refractivity contribution >= 4 is 11.8 Å². The van der Waals surface area contributed by atoms with Crippen LogP contribution in [0.15, 0.2) is 18.3 Å². The van der Waals surface area contributed by atoms with E-state index in [2.05, 4.69) is 4.90 Å². The molecule has 1 atom stereocenters. The molecule has 7 heteroatoms. The van der Waals surface area contributed by atoms with E-state index in [9.17, 15) is 9.59 Å². The lowest BCUT2D eigenvalue weighted by atomic mass is 10.2. The molecule has 2 saturated heterocycles. The monoisotopic (exact) mass is 348 g/mol. The van der Waals surface area contributed by atoms with Crippen molar-refractivity contribution < 1.29 is 14.3 Å². The minimum absolute atomic E-state index is 0.0399. The van der Waals surface area contributed by atoms with Crippen LogP contribution in [-0.2, 0) is 16.6 Å². The second kappa shape index (κ2) is 8.01. The molecule has 0 aliphatic carbocycles. The molecular formula is C18H28N4O3. The number of aromatic nitrogens is 1. The van der Waals surface area contributed by atoms with Crippen LogP contribution in [0.25, 0.3) is 0 Å². The fourth-order valence-corrected chi connectivity index (χ4v) is 3.78. The van der Waals surface area contributed by atoms with Gasteiger partial charge >= 0.3 is 0 Å². The quantitative estimate of drug-likeness (QED) is 0.774. The van der Waals surface area contributed by atoms with Gasteiger partial charge in [-0.3, -0.25) is 14.5 Å². The first kappa shape index (κ1) is 17.9. The maximum atomic E-state index is 12.7. The summed E-state index contributed by atoms with van der Waals surface area (Å²) >= 11 is 0. The van der Waals surface area contributed by atoms with Crippen LogP contribution in [0, 0.1) is 0 Å². The molecule has 0 N–H and O–H groups in total. The lowest BCUT2D eigenvalue weighted by molar-refractivity contribution is -0.132. The first-order valence-electron chi connectivity index (χ1n) is 9.04. The Morgan fingerprint density at radius 3 is 2.80 bits per heavy atom. The molecule has 7 nitrogen and oxygen atoms in total. The van der Waals surface area contributed by atoms with Gasteiger partial charge in [0.2, 0.25) is 5.91 Å². The number of carbonyl (C=O) groups is 2. The molecule has 2 amide bonds. The summed E-state index contributed by atoms with van der Waals surface area (Å²) in [5, 5.41) is 0. The molecule has 2 aliphatic rings. The van der Waals surface area contributed by atoms with E-state index < -0.39 is 0 Å². The van der Waals surface area contributed by atoms with Crippen molar-refractivity contribution in [2.24, 2.45) is 7.05 Å². The predicted molar refractivity (Wildman–Crippen MR) is 94.4 cm³/mol. The van der Waals surface area contributed by atoms with Crippen LogP contribution in [0.2, 0.25) is 0 Å². The maximum Gasteiger partial charge on any atom is 0.270 e. The van der Waals surface area contributed by atoms with Gasteiger partial charge < -0.3 is 19.1 Å². The molecule has 138 valence electrons. The number of amides is 2. The second-order valence-electron chi connectivity index (χ2n) is 6.81. The molecule has 2 aliphatic heterocycles. The van der Waals surface area contributed by atoms with E-state index in [0.717, 1.165) is 44.7 Å². The zero-order chi connectivity index (χ0) is 17.8. The Labute approximate surface area is 149 Å². The smallest absolute Gasteiger partial charge is 0.270 e. The Hall–Kier alpha value is -1.86. The van der Waals surface area contributed by atoms with Crippen LogP contribution >= 0.6 is 0 Å². The fourth-order valence-electron chi connectivity index (χ4n) is 3.78. The van der Waals surface area contributed by atoms with Crippen molar-refractivity contribution in [1.82, 2.24) is 19.3 Å². The van der Waals surface area contributed by atoms with Crippen LogP contribution in [0.4, 0.5) is 0 Å². The van der Waals surface area contributed by atoms with E-state index in [1.807, 2.05) is 39.7 Å². The molecule has 1 unspecified atom stereocenters. The number of methoxy groups -OCH3 is 1. The molecular weight excluding hydrogens is 320 g/mol. The van der Waals surface area contributed by atoms with E-state index in [1.165, 1.54) is 0 Å². The molecule has 0 bridgehead atoms. The summed E-state index contributed by atoms with van der Waals surface area (Å²) in [5.41, 5.74) is 0.719. The first-order chi connectivity index (χ1) is 12.1. The number of hydrogen-bond donors (Lipinski definition) is 0. The molecule has 3 heterocycles. The van der Waals surface area contributed by atoms with Crippen molar-refractivity contribution in [2.75, 3.05) is 53.0 Å². The van der Waals surface area contributed by atoms with Crippen LogP contribution < -0.4 is 0 Å². The zero-order valence-electron chi connectivity index (χ0n) is 15.2. The van der Waals surface area contributed by atoms with Crippen LogP contribution in [0.5, 0.6) is 0 Å². The Kier molecular flexibility index (Phi) is 5.75. The highest BCUT2D eigenvalue weighted by molar-refractivity contribution is 5.92. The van der Waals surface area contributed by atoms with Gasteiger partial charge in [-0.05, 0) is 25.0 Å². The van der Waals surface area contributed by atoms with Gasteiger partial charge in [0, 0.05) is 59.6 Å². The Morgan fingerprint density at radius 2 is 2.08 bits per heavy atom. The number of ether oxygens (including phenoxy) is 1. The maximum absolute atomic E-state index is 12.7. The summed E-state index contributed by atoms with van der Waals surface area (Å²) in [6.45, 7) is 5.08. The fraction of sp³-hybridized carbons (Fsp3) is 0.667. The third-order valence-corrected chi connectivity index (χ3v) is 5.26. The number of nitrogens with zero attached hydrogens (tertiary/aromatic N) is 4. The van der Waals surface area contributed by atoms with E-state index in [0.29, 0.717) is 19.7 Å². The average Bonchev–Trinajstić information content (AvgIpc) is 3.10. The number of hydrogen-bond acceptors (Lipinski definition) is 4. The minimum atomic E-state index is -0.0399. The molecule has 0 aromatic carbocycles. The summed E-state index contributed by atoms with van der Waals surface area (Å²) < 4.78 is 6.94. The van der Waals surface area contributed by atoms with E-state index in [-0.39, 0.29) is 17.9 Å². The number of carbonyl (C=O) groups excluding carboxylic acids is 2. The lowest BCUT2D eigenvalue weighted by Gasteiger charge is -2.26. The van der Waals surface area contributed by atoms with Gasteiger partial charge in [0.15, 0.2) is 0 Å². The average molecular weight is 348 g/mol. The third-order valence-electron chi connectivity index (χ3n) is 5.26. The highest BCUT2D eigenvalue weighted by Crippen LogP contribution is 2.19. The molecule has 3 rings (SSSR count). The number of aryl methyl sites for hydroxylation is 1. The summed E-state index contributed by atoms with van der Waals surface area (Å²) in [6.07, 6.45) is 3.66. The largest absolute Gasteiger partial charge is 0.383 e. The standard InChI is InChI=1S/C18H28N4O3/c1-19-7-3-5-15(19)17(23)21-9-4-8-20(11-12-21)16-6-10-22(18(16)24)13-14-25-2/h3,5,7,16H,4,6,8-14H2,1-2H3. The Morgan fingerprint density at radius 1 is 1.24 bits per heavy atom. The van der Waals surface area contributed by atoms with Crippen molar-refractivity contribution in [3.05, 3.63) is 24.0 Å². The first-order valence-corrected chi connectivity index (χ1v) is 9.04. The molecule has 0 saturated carbocycles. The summed E-state index contributed by atoms with van der Waals surface area (Å²) in [5.74, 6) is 0.285. The van der Waals surface area contributed by atoms with Crippen molar-refractivity contribution in [3.63, 3.8) is 0 Å². The molecule has 0 spiro atoms. The predicted octanol–water partition coefficient (Wildman–Crippen LogP) is 0.420. The van der Waals surface area contributed by atoms with Crippen LogP contribution in [0.1, 0.15) is 23.3 Å². The molecule has 0 radical (unpaired) electrons. The molecule has 25 heavy (non-hydrogen) atoms. The summed E-state index contributed by atoms with van der Waals surface area (Å²) in [6, 6.07) is 3.71. The van der Waals surface area contributed by atoms with E-state index >= 15 is 0 Å². The topological polar surface area (TPSA) is 58.0 Å². The lowest BCUT2D eigenvalue weighted by Crippen LogP contribution is -2.44. The van der Waals surface area contributed by atoms with E-state index in [4.69, 9.17) is 4.74 Å². The van der Waals surface area contributed by atoms with Crippen molar-refractivity contribution in [3.8, 4) is 0 Å². The Bertz CT molecular complexity index is 615. The van der Waals surface area contributed by atoms with Crippen LogP contribution in [-0.4, -0.2) is 90.1 Å². The third kappa shape index (κ3) is 3.88. The van der Waals surface area contributed by atoms with Gasteiger partial charge in [-0.25, -0.2) is 0 Å². The van der Waals surface area contributed by atoms with Gasteiger partial charge in [-0.1, -0.05) is 0 Å². The molecule has 1 aromatic rings. The number of likely N-dealkylation sites (tertiary alicyclic amines) is 1. The van der Waals surface area contributed by atoms with Crippen LogP contribution in [0.3, 0.4) is 0 Å². The highest BCUT2D eigenvalue weighted by Gasteiger charge is 2.36. The number of rotatable bonds is 5. The summed E-state index contributed by atoms with van der Waals surface area (Å²) in [4.78, 5) is 31.4. The Balaban J connectivity index is 1.58. The minimum Gasteiger partial charge on any atom is -0.383 e. The zero-order valence-corrected chi connectivity index (χ0v) is 15.2. The van der Waals surface area contributed by atoms with Gasteiger partial charge in [0.25, 0.3) is 5.91 Å². The molecule has 2 fully saturated rings. The van der Waals surface area contributed by atoms with Crippen molar-refractivity contribution in [1.29, 1.82) is 0 Å². The molecule has 1 aromatic heterocycles. The summed E-state index contributed by atoms with van der Waals surface area (Å²) in [7, 11) is 3.55. The normalized spacial score (nSPS) is 22.5. The highest BCUT2D eigenvalue weighted by atomic mass is 16.5. The second-order valence-corrected chi connectivity index (χ2v) is 6.81. The van der Waals surface area contributed by atoms with Gasteiger partial charge in [0.05, 0.1) is 12.6 Å². The van der Waals surface area contributed by atoms with Gasteiger partial charge in [0.1, 0.15) is 5.69 Å². The SMILES string of the molecule is COCCN1CCC(N2CCCN(C(=O)c3cccn3C)CC2)C1=O. The van der Waals surface area contributed by atoms with Gasteiger partial charge in [-0.15, -0.1) is 0 Å². The van der Waals surface area contributed by atoms with E-state index in [1.54, 1.807) is 7.11 Å².